The van der Waals surface area contributed by atoms with Crippen LogP contribution in [-0.4, -0.2) is 5.11 Å². The summed E-state index contributed by atoms with van der Waals surface area (Å²) >= 11 is 9.40. The summed E-state index contributed by atoms with van der Waals surface area (Å²) < 4.78 is 0.883. The molecule has 1 atom stereocenters. The lowest BCUT2D eigenvalue weighted by Gasteiger charge is -2.27. The van der Waals surface area contributed by atoms with Crippen molar-refractivity contribution in [2.45, 2.75) is 38.2 Å². The van der Waals surface area contributed by atoms with E-state index in [4.69, 9.17) is 11.6 Å². The van der Waals surface area contributed by atoms with Crippen LogP contribution < -0.4 is 0 Å². The molecule has 1 nitrogen and oxygen atoms in total. The lowest BCUT2D eigenvalue weighted by Crippen LogP contribution is -2.15. The van der Waals surface area contributed by atoms with Gasteiger partial charge in [-0.05, 0) is 52.4 Å². The van der Waals surface area contributed by atoms with Gasteiger partial charge in [0.1, 0.15) is 0 Å². The predicted octanol–water partition coefficient (Wildman–Crippen LogP) is 4.72. The average molecular weight is 304 g/mol. The van der Waals surface area contributed by atoms with Gasteiger partial charge in [0.15, 0.2) is 0 Å². The molecule has 0 amide bonds. The van der Waals surface area contributed by atoms with Gasteiger partial charge in [0.2, 0.25) is 0 Å². The Balaban J connectivity index is 2.12. The summed E-state index contributed by atoms with van der Waals surface area (Å²) in [5.41, 5.74) is 0.945. The zero-order chi connectivity index (χ0) is 11.5. The topological polar surface area (TPSA) is 20.2 Å². The monoisotopic (exact) mass is 302 g/mol. The zero-order valence-corrected chi connectivity index (χ0v) is 11.5. The fourth-order valence-electron chi connectivity index (χ4n) is 2.42. The number of hydrogen-bond acceptors (Lipinski definition) is 1. The molecular weight excluding hydrogens is 287 g/mol. The van der Waals surface area contributed by atoms with Crippen molar-refractivity contribution in [1.82, 2.24) is 0 Å². The first-order valence-corrected chi connectivity index (χ1v) is 6.98. The van der Waals surface area contributed by atoms with Gasteiger partial charge in [-0.15, -0.1) is 0 Å². The molecule has 1 aromatic carbocycles. The Morgan fingerprint density at radius 2 is 1.94 bits per heavy atom. The van der Waals surface area contributed by atoms with Crippen molar-refractivity contribution in [2.24, 2.45) is 5.92 Å². The minimum atomic E-state index is -0.356. The van der Waals surface area contributed by atoms with Gasteiger partial charge in [0.25, 0.3) is 0 Å². The highest BCUT2D eigenvalue weighted by atomic mass is 79.9. The summed E-state index contributed by atoms with van der Waals surface area (Å²) in [6, 6.07) is 5.73. The molecule has 3 heteroatoms. The van der Waals surface area contributed by atoms with Crippen molar-refractivity contribution in [3.8, 4) is 0 Å². The van der Waals surface area contributed by atoms with E-state index in [1.54, 1.807) is 0 Å². The third kappa shape index (κ3) is 2.79. The highest BCUT2D eigenvalue weighted by Crippen LogP contribution is 2.36. The fraction of sp³-hybridized carbons (Fsp3) is 0.538. The van der Waals surface area contributed by atoms with Gasteiger partial charge in [0, 0.05) is 4.47 Å². The SMILES string of the molecule is OC(c1ccc(Br)c(Cl)c1)C1CCCCC1. The van der Waals surface area contributed by atoms with E-state index in [1.165, 1.54) is 19.3 Å². The largest absolute Gasteiger partial charge is 0.388 e. The molecule has 1 unspecified atom stereocenters. The molecule has 0 aliphatic heterocycles. The zero-order valence-electron chi connectivity index (χ0n) is 9.13. The Labute approximate surface area is 110 Å². The molecule has 1 saturated carbocycles. The van der Waals surface area contributed by atoms with E-state index >= 15 is 0 Å². The molecule has 0 radical (unpaired) electrons. The van der Waals surface area contributed by atoms with E-state index in [0.717, 1.165) is 22.9 Å². The quantitative estimate of drug-likeness (QED) is 0.838. The van der Waals surface area contributed by atoms with Gasteiger partial charge >= 0.3 is 0 Å². The molecule has 1 aliphatic carbocycles. The number of hydrogen-bond donors (Lipinski definition) is 1. The third-order valence-corrected chi connectivity index (χ3v) is 4.61. The van der Waals surface area contributed by atoms with Gasteiger partial charge in [-0.2, -0.15) is 0 Å². The number of aliphatic hydroxyl groups excluding tert-OH is 1. The standard InChI is InChI=1S/C13H16BrClO/c14-11-7-6-10(8-12(11)15)13(16)9-4-2-1-3-5-9/h6-9,13,16H,1-5H2. The second-order valence-electron chi connectivity index (χ2n) is 4.52. The maximum absolute atomic E-state index is 10.3. The normalized spacial score (nSPS) is 19.7. The summed E-state index contributed by atoms with van der Waals surface area (Å²) in [5.74, 6) is 0.408. The molecule has 88 valence electrons. The smallest absolute Gasteiger partial charge is 0.0818 e. The average Bonchev–Trinajstić information content (AvgIpc) is 2.33. The van der Waals surface area contributed by atoms with E-state index in [-0.39, 0.29) is 6.10 Å². The summed E-state index contributed by atoms with van der Waals surface area (Å²) in [5, 5.41) is 11.0. The van der Waals surface area contributed by atoms with Gasteiger partial charge < -0.3 is 5.11 Å². The van der Waals surface area contributed by atoms with Crippen molar-refractivity contribution in [1.29, 1.82) is 0 Å². The van der Waals surface area contributed by atoms with Crippen LogP contribution in [0.5, 0.6) is 0 Å². The van der Waals surface area contributed by atoms with Crippen molar-refractivity contribution >= 4 is 27.5 Å². The number of halogens is 2. The van der Waals surface area contributed by atoms with Crippen LogP contribution in [0.25, 0.3) is 0 Å². The Morgan fingerprint density at radius 1 is 1.25 bits per heavy atom. The molecule has 1 N–H and O–H groups in total. The van der Waals surface area contributed by atoms with E-state index in [9.17, 15) is 5.11 Å². The maximum atomic E-state index is 10.3. The summed E-state index contributed by atoms with van der Waals surface area (Å²) in [4.78, 5) is 0. The molecule has 0 saturated heterocycles. The number of rotatable bonds is 2. The number of aliphatic hydroxyl groups is 1. The van der Waals surface area contributed by atoms with Crippen molar-refractivity contribution in [2.75, 3.05) is 0 Å². The van der Waals surface area contributed by atoms with Crippen LogP contribution in [0.4, 0.5) is 0 Å². The van der Waals surface area contributed by atoms with Gasteiger partial charge in [-0.1, -0.05) is 36.9 Å². The molecule has 0 heterocycles. The third-order valence-electron chi connectivity index (χ3n) is 3.38. The van der Waals surface area contributed by atoms with Crippen molar-refractivity contribution < 1.29 is 5.11 Å². The molecule has 1 aliphatic rings. The molecule has 1 fully saturated rings. The molecule has 0 aromatic heterocycles. The Morgan fingerprint density at radius 3 is 2.56 bits per heavy atom. The highest BCUT2D eigenvalue weighted by Gasteiger charge is 2.23. The molecule has 16 heavy (non-hydrogen) atoms. The van der Waals surface area contributed by atoms with Crippen LogP contribution >= 0.6 is 27.5 Å². The maximum Gasteiger partial charge on any atom is 0.0818 e. The lowest BCUT2D eigenvalue weighted by molar-refractivity contribution is 0.0848. The summed E-state index contributed by atoms with van der Waals surface area (Å²) in [6.45, 7) is 0. The second kappa shape index (κ2) is 5.52. The van der Waals surface area contributed by atoms with Crippen LogP contribution in [0.2, 0.25) is 5.02 Å². The lowest BCUT2D eigenvalue weighted by atomic mass is 9.83. The Hall–Kier alpha value is -0.0500. The first-order valence-electron chi connectivity index (χ1n) is 5.81. The van der Waals surface area contributed by atoms with Crippen molar-refractivity contribution in [3.63, 3.8) is 0 Å². The van der Waals surface area contributed by atoms with Gasteiger partial charge in [0.05, 0.1) is 11.1 Å². The highest BCUT2D eigenvalue weighted by molar-refractivity contribution is 9.10. The molecule has 1 aromatic rings. The molecule has 0 bridgehead atoms. The first-order chi connectivity index (χ1) is 7.68. The predicted molar refractivity (Wildman–Crippen MR) is 70.7 cm³/mol. The van der Waals surface area contributed by atoms with E-state index in [1.807, 2.05) is 18.2 Å². The van der Waals surface area contributed by atoms with Crippen LogP contribution in [0.15, 0.2) is 22.7 Å². The molecule has 0 spiro atoms. The molecular formula is C13H16BrClO. The van der Waals surface area contributed by atoms with Crippen LogP contribution in [0, 0.1) is 5.92 Å². The minimum Gasteiger partial charge on any atom is -0.388 e. The van der Waals surface area contributed by atoms with Crippen LogP contribution in [0.1, 0.15) is 43.8 Å². The number of benzene rings is 1. The Bertz CT molecular complexity index is 361. The van der Waals surface area contributed by atoms with Crippen LogP contribution in [0.3, 0.4) is 0 Å². The van der Waals surface area contributed by atoms with Crippen LogP contribution in [-0.2, 0) is 0 Å². The second-order valence-corrected chi connectivity index (χ2v) is 5.78. The summed E-state index contributed by atoms with van der Waals surface area (Å²) in [7, 11) is 0. The van der Waals surface area contributed by atoms with E-state index in [0.29, 0.717) is 10.9 Å². The van der Waals surface area contributed by atoms with Gasteiger partial charge in [-0.25, -0.2) is 0 Å². The fourth-order valence-corrected chi connectivity index (χ4v) is 2.85. The minimum absolute atomic E-state index is 0.356. The molecule has 2 rings (SSSR count). The van der Waals surface area contributed by atoms with E-state index < -0.39 is 0 Å². The van der Waals surface area contributed by atoms with Gasteiger partial charge in [-0.3, -0.25) is 0 Å². The summed E-state index contributed by atoms with van der Waals surface area (Å²) in [6.07, 6.45) is 5.71. The Kier molecular flexibility index (Phi) is 4.28. The van der Waals surface area contributed by atoms with E-state index in [2.05, 4.69) is 15.9 Å². The van der Waals surface area contributed by atoms with Crippen molar-refractivity contribution in [3.05, 3.63) is 33.3 Å². The first kappa shape index (κ1) is 12.4.